The third-order valence-electron chi connectivity index (χ3n) is 3.08. The third kappa shape index (κ3) is 3.01. The number of benzene rings is 1. The quantitative estimate of drug-likeness (QED) is 0.920. The highest BCUT2D eigenvalue weighted by molar-refractivity contribution is 9.10. The first kappa shape index (κ1) is 14.2. The fraction of sp³-hybridized carbons (Fsp3) is 0.267. The van der Waals surface area contributed by atoms with Crippen LogP contribution in [-0.2, 0) is 0 Å². The maximum Gasteiger partial charge on any atom is 0.142 e. The van der Waals surface area contributed by atoms with Gasteiger partial charge in [-0.3, -0.25) is 4.98 Å². The van der Waals surface area contributed by atoms with Gasteiger partial charge in [0.15, 0.2) is 0 Å². The van der Waals surface area contributed by atoms with E-state index in [9.17, 15) is 4.39 Å². The number of hydrogen-bond donors (Lipinski definition) is 1. The maximum absolute atomic E-state index is 14.3. The van der Waals surface area contributed by atoms with E-state index in [1.54, 1.807) is 18.5 Å². The standard InChI is InChI=1S/C15H16BrFN2/c1-3-19-15(11-7-8-18-9-10(11)2)12-5-4-6-13(16)14(12)17/h4-9,15,19H,3H2,1-2H3. The predicted octanol–water partition coefficient (Wildman–Crippen LogP) is 3.99. The smallest absolute Gasteiger partial charge is 0.142 e. The van der Waals surface area contributed by atoms with Crippen LogP contribution >= 0.6 is 15.9 Å². The van der Waals surface area contributed by atoms with Crippen LogP contribution in [0.5, 0.6) is 0 Å². The highest BCUT2D eigenvalue weighted by Gasteiger charge is 2.19. The molecule has 0 aliphatic heterocycles. The van der Waals surface area contributed by atoms with E-state index in [0.29, 0.717) is 10.0 Å². The molecular weight excluding hydrogens is 307 g/mol. The van der Waals surface area contributed by atoms with Gasteiger partial charge in [-0.1, -0.05) is 19.1 Å². The number of halogens is 2. The second-order valence-corrected chi connectivity index (χ2v) is 5.22. The summed E-state index contributed by atoms with van der Waals surface area (Å²) in [5.74, 6) is -0.218. The van der Waals surface area contributed by atoms with Crippen LogP contribution in [0.4, 0.5) is 4.39 Å². The Morgan fingerprint density at radius 2 is 2.11 bits per heavy atom. The Morgan fingerprint density at radius 3 is 2.79 bits per heavy atom. The summed E-state index contributed by atoms with van der Waals surface area (Å²) in [4.78, 5) is 4.09. The minimum Gasteiger partial charge on any atom is -0.306 e. The number of nitrogens with zero attached hydrogens (tertiary/aromatic N) is 1. The molecule has 2 nitrogen and oxygen atoms in total. The van der Waals surface area contributed by atoms with Crippen molar-refractivity contribution in [1.29, 1.82) is 0 Å². The van der Waals surface area contributed by atoms with Gasteiger partial charge in [0.25, 0.3) is 0 Å². The molecule has 0 radical (unpaired) electrons. The summed E-state index contributed by atoms with van der Waals surface area (Å²) in [5.41, 5.74) is 2.74. The first-order valence-electron chi connectivity index (χ1n) is 6.23. The lowest BCUT2D eigenvalue weighted by molar-refractivity contribution is 0.553. The van der Waals surface area contributed by atoms with Crippen molar-refractivity contribution in [3.63, 3.8) is 0 Å². The molecule has 0 saturated carbocycles. The van der Waals surface area contributed by atoms with Gasteiger partial charge < -0.3 is 5.32 Å². The summed E-state index contributed by atoms with van der Waals surface area (Å²) in [7, 11) is 0. The molecule has 0 spiro atoms. The number of nitrogens with one attached hydrogen (secondary N) is 1. The van der Waals surface area contributed by atoms with Crippen molar-refractivity contribution < 1.29 is 4.39 Å². The lowest BCUT2D eigenvalue weighted by Gasteiger charge is -2.21. The van der Waals surface area contributed by atoms with Gasteiger partial charge in [-0.15, -0.1) is 0 Å². The van der Waals surface area contributed by atoms with E-state index in [1.807, 2.05) is 32.0 Å². The summed E-state index contributed by atoms with van der Waals surface area (Å²) >= 11 is 3.24. The Labute approximate surface area is 121 Å². The molecule has 100 valence electrons. The average molecular weight is 323 g/mol. The Bertz CT molecular complexity index is 572. The maximum atomic E-state index is 14.3. The molecule has 0 amide bonds. The second kappa shape index (κ2) is 6.26. The average Bonchev–Trinajstić information content (AvgIpc) is 2.41. The number of aryl methyl sites for hydroxylation is 1. The van der Waals surface area contributed by atoms with Gasteiger partial charge >= 0.3 is 0 Å². The summed E-state index contributed by atoms with van der Waals surface area (Å²) in [6, 6.07) is 7.14. The van der Waals surface area contributed by atoms with Crippen molar-refractivity contribution in [3.05, 3.63) is 63.6 Å². The van der Waals surface area contributed by atoms with Crippen LogP contribution in [0.1, 0.15) is 29.7 Å². The first-order valence-corrected chi connectivity index (χ1v) is 7.02. The molecule has 0 bridgehead atoms. The molecule has 19 heavy (non-hydrogen) atoms. The van der Waals surface area contributed by atoms with Crippen molar-refractivity contribution in [2.45, 2.75) is 19.9 Å². The Kier molecular flexibility index (Phi) is 4.66. The molecule has 1 aromatic heterocycles. The van der Waals surface area contributed by atoms with Crippen molar-refractivity contribution in [2.75, 3.05) is 6.54 Å². The number of hydrogen-bond acceptors (Lipinski definition) is 2. The molecule has 0 aliphatic carbocycles. The zero-order valence-corrected chi connectivity index (χ0v) is 12.5. The first-order chi connectivity index (χ1) is 9.15. The molecule has 2 aromatic rings. The summed E-state index contributed by atoms with van der Waals surface area (Å²) < 4.78 is 14.8. The van der Waals surface area contributed by atoms with Crippen LogP contribution in [-0.4, -0.2) is 11.5 Å². The van der Waals surface area contributed by atoms with Gasteiger partial charge in [0, 0.05) is 18.0 Å². The summed E-state index contributed by atoms with van der Waals surface area (Å²) in [6.07, 6.45) is 3.54. The normalized spacial score (nSPS) is 12.4. The van der Waals surface area contributed by atoms with Gasteiger partial charge in [-0.2, -0.15) is 0 Å². The monoisotopic (exact) mass is 322 g/mol. The van der Waals surface area contributed by atoms with Crippen LogP contribution in [0.15, 0.2) is 41.1 Å². The van der Waals surface area contributed by atoms with Crippen LogP contribution in [0, 0.1) is 12.7 Å². The zero-order valence-electron chi connectivity index (χ0n) is 11.0. The van der Waals surface area contributed by atoms with Crippen LogP contribution in [0.25, 0.3) is 0 Å². The van der Waals surface area contributed by atoms with Gasteiger partial charge in [-0.05, 0) is 52.7 Å². The van der Waals surface area contributed by atoms with Crippen molar-refractivity contribution >= 4 is 15.9 Å². The molecule has 1 heterocycles. The summed E-state index contributed by atoms with van der Waals surface area (Å²) in [6.45, 7) is 4.76. The van der Waals surface area contributed by atoms with Crippen molar-refractivity contribution in [1.82, 2.24) is 10.3 Å². The molecule has 2 rings (SSSR count). The SMILES string of the molecule is CCNC(c1ccncc1C)c1cccc(Br)c1F. The molecule has 1 aromatic carbocycles. The largest absolute Gasteiger partial charge is 0.306 e. The molecule has 0 aliphatic rings. The lowest BCUT2D eigenvalue weighted by Crippen LogP contribution is -2.24. The highest BCUT2D eigenvalue weighted by Crippen LogP contribution is 2.29. The fourth-order valence-electron chi connectivity index (χ4n) is 2.14. The minimum absolute atomic E-state index is 0.162. The zero-order chi connectivity index (χ0) is 13.8. The van der Waals surface area contributed by atoms with E-state index in [1.165, 1.54) is 0 Å². The highest BCUT2D eigenvalue weighted by atomic mass is 79.9. The fourth-order valence-corrected chi connectivity index (χ4v) is 2.52. The molecule has 4 heteroatoms. The van der Waals surface area contributed by atoms with Crippen LogP contribution in [0.3, 0.4) is 0 Å². The Hall–Kier alpha value is -1.26. The van der Waals surface area contributed by atoms with Crippen molar-refractivity contribution in [2.24, 2.45) is 0 Å². The van der Waals surface area contributed by atoms with E-state index in [-0.39, 0.29) is 11.9 Å². The topological polar surface area (TPSA) is 24.9 Å². The summed E-state index contributed by atoms with van der Waals surface area (Å²) in [5, 5.41) is 3.34. The molecule has 0 saturated heterocycles. The molecular formula is C15H16BrFN2. The van der Waals surface area contributed by atoms with Gasteiger partial charge in [0.05, 0.1) is 10.5 Å². The minimum atomic E-state index is -0.218. The molecule has 1 N–H and O–H groups in total. The van der Waals surface area contributed by atoms with Gasteiger partial charge in [0.1, 0.15) is 5.82 Å². The Morgan fingerprint density at radius 1 is 1.32 bits per heavy atom. The molecule has 1 unspecified atom stereocenters. The van der Waals surface area contributed by atoms with E-state index >= 15 is 0 Å². The van der Waals surface area contributed by atoms with E-state index in [2.05, 4.69) is 26.2 Å². The molecule has 1 atom stereocenters. The van der Waals surface area contributed by atoms with Crippen molar-refractivity contribution in [3.8, 4) is 0 Å². The van der Waals surface area contributed by atoms with Crippen LogP contribution in [0.2, 0.25) is 0 Å². The van der Waals surface area contributed by atoms with E-state index in [0.717, 1.165) is 17.7 Å². The number of pyridine rings is 1. The lowest BCUT2D eigenvalue weighted by atomic mass is 9.96. The van der Waals surface area contributed by atoms with Gasteiger partial charge in [-0.25, -0.2) is 4.39 Å². The second-order valence-electron chi connectivity index (χ2n) is 4.37. The molecule has 0 fully saturated rings. The Balaban J connectivity index is 2.52. The number of aromatic nitrogens is 1. The van der Waals surface area contributed by atoms with Gasteiger partial charge in [0.2, 0.25) is 0 Å². The third-order valence-corrected chi connectivity index (χ3v) is 3.69. The predicted molar refractivity (Wildman–Crippen MR) is 78.6 cm³/mol. The van der Waals surface area contributed by atoms with E-state index in [4.69, 9.17) is 0 Å². The van der Waals surface area contributed by atoms with Crippen LogP contribution < -0.4 is 5.32 Å². The number of rotatable bonds is 4. The van der Waals surface area contributed by atoms with E-state index < -0.39 is 0 Å².